The van der Waals surface area contributed by atoms with Gasteiger partial charge in [0.25, 0.3) is 0 Å². The van der Waals surface area contributed by atoms with Crippen LogP contribution in [-0.4, -0.2) is 55.9 Å². The van der Waals surface area contributed by atoms with Gasteiger partial charge >= 0.3 is 11.9 Å². The fourth-order valence-electron chi connectivity index (χ4n) is 3.82. The highest BCUT2D eigenvalue weighted by molar-refractivity contribution is 5.76. The van der Waals surface area contributed by atoms with Crippen molar-refractivity contribution in [2.75, 3.05) is 13.7 Å². The van der Waals surface area contributed by atoms with Crippen LogP contribution >= 0.6 is 0 Å². The fraction of sp³-hybridized carbons (Fsp3) is 0.619. The second-order valence-electron chi connectivity index (χ2n) is 8.56. The average molecular weight is 406 g/mol. The predicted molar refractivity (Wildman–Crippen MR) is 98.5 cm³/mol. The molecule has 3 saturated heterocycles. The van der Waals surface area contributed by atoms with Crippen molar-refractivity contribution >= 4 is 11.9 Å². The summed E-state index contributed by atoms with van der Waals surface area (Å²) in [6.45, 7) is 5.47. The standard InChI is InChI=1S/C21H26O8/c1-20(2,3)19(23)28-16-15-13(29-21(24-4)10-14(22)26-17(16)21)11-25-18(27-15)12-8-6-5-7-9-12/h5-9,13,15-18H,10-11H2,1-4H3/t13?,15-,16?,17?,18?,21+/m1/s1. The van der Waals surface area contributed by atoms with Gasteiger partial charge in [-0.15, -0.1) is 0 Å². The Morgan fingerprint density at radius 3 is 2.59 bits per heavy atom. The van der Waals surface area contributed by atoms with E-state index in [1.54, 1.807) is 20.8 Å². The van der Waals surface area contributed by atoms with E-state index in [0.29, 0.717) is 0 Å². The van der Waals surface area contributed by atoms with Gasteiger partial charge in [-0.2, -0.15) is 0 Å². The number of rotatable bonds is 3. The minimum absolute atomic E-state index is 0.0942. The van der Waals surface area contributed by atoms with Gasteiger partial charge in [-0.25, -0.2) is 0 Å². The van der Waals surface area contributed by atoms with Crippen LogP contribution in [0.1, 0.15) is 39.0 Å². The average Bonchev–Trinajstić information content (AvgIpc) is 3.03. The Morgan fingerprint density at radius 1 is 1.21 bits per heavy atom. The second kappa shape index (κ2) is 7.36. The molecule has 8 nitrogen and oxygen atoms in total. The number of ether oxygens (including phenoxy) is 6. The predicted octanol–water partition coefficient (Wildman–Crippen LogP) is 2.12. The van der Waals surface area contributed by atoms with E-state index in [2.05, 4.69) is 0 Å². The summed E-state index contributed by atoms with van der Waals surface area (Å²) in [5.41, 5.74) is 0.0923. The van der Waals surface area contributed by atoms with E-state index in [-0.39, 0.29) is 13.0 Å². The quantitative estimate of drug-likeness (QED) is 0.705. The topological polar surface area (TPSA) is 89.5 Å². The van der Waals surface area contributed by atoms with Gasteiger partial charge < -0.3 is 28.4 Å². The summed E-state index contributed by atoms with van der Waals surface area (Å²) in [6, 6.07) is 9.45. The lowest BCUT2D eigenvalue weighted by Gasteiger charge is -2.50. The molecular formula is C21H26O8. The normalized spacial score (nSPS) is 36.7. The number of carbonyl (C=O) groups excluding carboxylic acids is 2. The summed E-state index contributed by atoms with van der Waals surface area (Å²) in [5.74, 6) is -2.25. The third kappa shape index (κ3) is 3.66. The molecule has 6 atom stereocenters. The molecule has 0 N–H and O–H groups in total. The van der Waals surface area contributed by atoms with Crippen LogP contribution in [0.4, 0.5) is 0 Å². The fourth-order valence-corrected chi connectivity index (χ4v) is 3.82. The molecular weight excluding hydrogens is 380 g/mol. The van der Waals surface area contributed by atoms with E-state index < -0.39 is 53.8 Å². The molecule has 0 aromatic heterocycles. The van der Waals surface area contributed by atoms with Gasteiger partial charge in [-0.05, 0) is 20.8 Å². The first-order valence-electron chi connectivity index (χ1n) is 9.69. The lowest BCUT2D eigenvalue weighted by atomic mass is 9.90. The molecule has 0 spiro atoms. The van der Waals surface area contributed by atoms with Gasteiger partial charge in [0.2, 0.25) is 5.79 Å². The maximum absolute atomic E-state index is 12.7. The molecule has 29 heavy (non-hydrogen) atoms. The maximum Gasteiger partial charge on any atom is 0.312 e. The van der Waals surface area contributed by atoms with E-state index in [9.17, 15) is 9.59 Å². The van der Waals surface area contributed by atoms with Crippen LogP contribution in [0.25, 0.3) is 0 Å². The number of hydrogen-bond acceptors (Lipinski definition) is 8. The Labute approximate surface area is 169 Å². The first kappa shape index (κ1) is 20.3. The van der Waals surface area contributed by atoms with Crippen LogP contribution < -0.4 is 0 Å². The smallest absolute Gasteiger partial charge is 0.312 e. The zero-order chi connectivity index (χ0) is 20.8. The number of benzene rings is 1. The molecule has 3 heterocycles. The highest BCUT2D eigenvalue weighted by atomic mass is 16.8. The summed E-state index contributed by atoms with van der Waals surface area (Å²) < 4.78 is 35.0. The minimum atomic E-state index is -1.34. The minimum Gasteiger partial charge on any atom is -0.455 e. The zero-order valence-corrected chi connectivity index (χ0v) is 17.0. The van der Waals surface area contributed by atoms with Crippen LogP contribution in [0.3, 0.4) is 0 Å². The van der Waals surface area contributed by atoms with Gasteiger partial charge in [0.05, 0.1) is 12.0 Å². The zero-order valence-electron chi connectivity index (χ0n) is 17.0. The van der Waals surface area contributed by atoms with Crippen molar-refractivity contribution in [3.8, 4) is 0 Å². The van der Waals surface area contributed by atoms with Crippen LogP contribution in [0.5, 0.6) is 0 Å². The molecule has 3 fully saturated rings. The van der Waals surface area contributed by atoms with Crippen LogP contribution in [0.2, 0.25) is 0 Å². The molecule has 158 valence electrons. The second-order valence-corrected chi connectivity index (χ2v) is 8.56. The van der Waals surface area contributed by atoms with Crippen molar-refractivity contribution < 1.29 is 38.0 Å². The van der Waals surface area contributed by atoms with Crippen LogP contribution in [0.15, 0.2) is 30.3 Å². The van der Waals surface area contributed by atoms with E-state index in [4.69, 9.17) is 28.4 Å². The van der Waals surface area contributed by atoms with Crippen molar-refractivity contribution in [2.45, 2.75) is 63.7 Å². The molecule has 1 aromatic carbocycles. The maximum atomic E-state index is 12.7. The number of hydrogen-bond donors (Lipinski definition) is 0. The summed E-state index contributed by atoms with van der Waals surface area (Å²) in [4.78, 5) is 24.8. The highest BCUT2D eigenvalue weighted by Crippen LogP contribution is 2.45. The van der Waals surface area contributed by atoms with Crippen molar-refractivity contribution in [1.82, 2.24) is 0 Å². The molecule has 0 radical (unpaired) electrons. The third-order valence-electron chi connectivity index (χ3n) is 5.39. The Morgan fingerprint density at radius 2 is 1.93 bits per heavy atom. The molecule has 8 heteroatoms. The van der Waals surface area contributed by atoms with Gasteiger partial charge in [0.1, 0.15) is 18.6 Å². The van der Waals surface area contributed by atoms with Crippen molar-refractivity contribution in [3.05, 3.63) is 35.9 Å². The number of carbonyl (C=O) groups is 2. The molecule has 1 aromatic rings. The molecule has 4 rings (SSSR count). The van der Waals surface area contributed by atoms with E-state index >= 15 is 0 Å². The summed E-state index contributed by atoms with van der Waals surface area (Å²) in [7, 11) is 1.44. The largest absolute Gasteiger partial charge is 0.455 e. The summed E-state index contributed by atoms with van der Waals surface area (Å²) in [5, 5.41) is 0. The van der Waals surface area contributed by atoms with E-state index in [1.807, 2.05) is 30.3 Å². The number of esters is 2. The Hall–Kier alpha value is -2.00. The molecule has 4 unspecified atom stereocenters. The van der Waals surface area contributed by atoms with E-state index in [0.717, 1.165) is 5.56 Å². The Balaban J connectivity index is 1.65. The van der Waals surface area contributed by atoms with Crippen molar-refractivity contribution in [1.29, 1.82) is 0 Å². The molecule has 3 aliphatic heterocycles. The van der Waals surface area contributed by atoms with Crippen molar-refractivity contribution in [3.63, 3.8) is 0 Å². The first-order valence-corrected chi connectivity index (χ1v) is 9.69. The molecule has 0 aliphatic carbocycles. The molecule has 0 saturated carbocycles. The summed E-state index contributed by atoms with van der Waals surface area (Å²) >= 11 is 0. The van der Waals surface area contributed by atoms with Crippen LogP contribution in [0, 0.1) is 5.41 Å². The van der Waals surface area contributed by atoms with Gasteiger partial charge in [0, 0.05) is 12.7 Å². The highest BCUT2D eigenvalue weighted by Gasteiger charge is 2.65. The molecule has 3 aliphatic rings. The van der Waals surface area contributed by atoms with Gasteiger partial charge in [0.15, 0.2) is 18.5 Å². The Kier molecular flexibility index (Phi) is 5.14. The first-order chi connectivity index (χ1) is 13.7. The van der Waals surface area contributed by atoms with E-state index in [1.165, 1.54) is 7.11 Å². The lowest BCUT2D eigenvalue weighted by molar-refractivity contribution is -0.385. The van der Waals surface area contributed by atoms with Crippen LogP contribution in [-0.2, 0) is 38.0 Å². The molecule has 0 amide bonds. The SMILES string of the molecule is CO[C@]12CC(=O)OC1C(OC(=O)C(C)(C)C)[C@@H]1OC(c3ccccc3)OCC1O2. The number of methoxy groups -OCH3 is 1. The van der Waals surface area contributed by atoms with Gasteiger partial charge in [-0.3, -0.25) is 9.59 Å². The summed E-state index contributed by atoms with van der Waals surface area (Å²) in [6.07, 6.45) is -3.82. The monoisotopic (exact) mass is 406 g/mol. The van der Waals surface area contributed by atoms with Crippen molar-refractivity contribution in [2.24, 2.45) is 5.41 Å². The third-order valence-corrected chi connectivity index (χ3v) is 5.39. The molecule has 0 bridgehead atoms. The van der Waals surface area contributed by atoms with Gasteiger partial charge in [-0.1, -0.05) is 30.3 Å². The Bertz CT molecular complexity index is 773. The lowest BCUT2D eigenvalue weighted by Crippen LogP contribution is -2.67. The number of fused-ring (bicyclic) bond motifs is 2.